The normalized spacial score (nSPS) is 30.2. The fourth-order valence-electron chi connectivity index (χ4n) is 1.63. The van der Waals surface area contributed by atoms with Crippen LogP contribution in [0.3, 0.4) is 0 Å². The van der Waals surface area contributed by atoms with Crippen LogP contribution in [0.4, 0.5) is 13.2 Å². The number of carbonyl (C=O) groups excluding carboxylic acids is 1. The number of thiol groups is 1. The van der Waals surface area contributed by atoms with E-state index in [1.807, 2.05) is 0 Å². The Morgan fingerprint density at radius 2 is 1.92 bits per heavy atom. The van der Waals surface area contributed by atoms with Gasteiger partial charge < -0.3 is 0 Å². The minimum Gasteiger partial charge on any atom is -0.289 e. The molecule has 0 bridgehead atoms. The van der Waals surface area contributed by atoms with Gasteiger partial charge in [-0.3, -0.25) is 4.79 Å². The predicted molar refractivity (Wildman–Crippen MR) is 45.8 cm³/mol. The quantitative estimate of drug-likeness (QED) is 0.661. The fourth-order valence-corrected chi connectivity index (χ4v) is 2.07. The number of hydrogen-bond acceptors (Lipinski definition) is 2. The molecule has 0 amide bonds. The van der Waals surface area contributed by atoms with E-state index in [4.69, 9.17) is 0 Å². The summed E-state index contributed by atoms with van der Waals surface area (Å²) in [6, 6.07) is 0. The summed E-state index contributed by atoms with van der Waals surface area (Å²) >= 11 is 4.09. The highest BCUT2D eigenvalue weighted by molar-refractivity contribution is 7.80. The molecular weight excluding hydrogens is 201 g/mol. The highest BCUT2D eigenvalue weighted by Crippen LogP contribution is 2.33. The van der Waals surface area contributed by atoms with Crippen LogP contribution in [-0.2, 0) is 4.79 Å². The maximum atomic E-state index is 12.0. The van der Waals surface area contributed by atoms with Gasteiger partial charge in [0.15, 0.2) is 0 Å². The largest absolute Gasteiger partial charge is 0.450 e. The summed E-state index contributed by atoms with van der Waals surface area (Å²) in [7, 11) is 0. The molecule has 0 heterocycles. The van der Waals surface area contributed by atoms with E-state index >= 15 is 0 Å². The summed E-state index contributed by atoms with van der Waals surface area (Å²) in [5.41, 5.74) is 0. The van der Waals surface area contributed by atoms with Crippen LogP contribution >= 0.6 is 12.6 Å². The van der Waals surface area contributed by atoms with Gasteiger partial charge in [0.1, 0.15) is 0 Å². The molecule has 1 aliphatic carbocycles. The highest BCUT2D eigenvalue weighted by Gasteiger charge is 2.44. The van der Waals surface area contributed by atoms with Gasteiger partial charge in [-0.15, -0.1) is 0 Å². The Hall–Kier alpha value is -0.190. The van der Waals surface area contributed by atoms with E-state index in [-0.39, 0.29) is 11.7 Å². The maximum Gasteiger partial charge on any atom is 0.450 e. The molecule has 2 atom stereocenters. The first kappa shape index (κ1) is 10.9. The number of carbonyl (C=O) groups is 1. The van der Waals surface area contributed by atoms with E-state index < -0.39 is 17.9 Å². The summed E-state index contributed by atoms with van der Waals surface area (Å²) < 4.78 is 36.0. The van der Waals surface area contributed by atoms with Gasteiger partial charge in [-0.1, -0.05) is 6.42 Å². The zero-order valence-electron chi connectivity index (χ0n) is 6.97. The molecule has 1 fully saturated rings. The van der Waals surface area contributed by atoms with Crippen molar-refractivity contribution in [1.29, 1.82) is 0 Å². The fraction of sp³-hybridized carbons (Fsp3) is 0.875. The molecule has 0 aromatic carbocycles. The van der Waals surface area contributed by atoms with E-state index in [0.717, 1.165) is 6.42 Å². The van der Waals surface area contributed by atoms with E-state index in [1.165, 1.54) is 0 Å². The summed E-state index contributed by atoms with van der Waals surface area (Å²) in [6.45, 7) is 0. The summed E-state index contributed by atoms with van der Waals surface area (Å²) in [5, 5.41) is -0.0509. The Labute approximate surface area is 80.1 Å². The molecule has 1 rings (SSSR count). The summed E-state index contributed by atoms with van der Waals surface area (Å²) in [4.78, 5) is 10.8. The Kier molecular flexibility index (Phi) is 3.27. The predicted octanol–water partition coefficient (Wildman–Crippen LogP) is 2.61. The lowest BCUT2D eigenvalue weighted by molar-refractivity contribution is -0.176. The zero-order valence-corrected chi connectivity index (χ0v) is 7.87. The summed E-state index contributed by atoms with van der Waals surface area (Å²) in [6.07, 6.45) is -2.57. The molecule has 1 nitrogen and oxygen atoms in total. The Morgan fingerprint density at radius 3 is 2.38 bits per heavy atom. The SMILES string of the molecule is O=C(C1CCCC(S)C1)C(F)(F)F. The van der Waals surface area contributed by atoms with Crippen molar-refractivity contribution < 1.29 is 18.0 Å². The van der Waals surface area contributed by atoms with Crippen molar-refractivity contribution in [2.45, 2.75) is 37.1 Å². The van der Waals surface area contributed by atoms with Gasteiger partial charge in [-0.05, 0) is 19.3 Å². The van der Waals surface area contributed by atoms with Crippen LogP contribution in [-0.4, -0.2) is 17.2 Å². The molecule has 13 heavy (non-hydrogen) atoms. The van der Waals surface area contributed by atoms with Gasteiger partial charge in [0.2, 0.25) is 5.78 Å². The maximum absolute atomic E-state index is 12.0. The van der Waals surface area contributed by atoms with Crippen molar-refractivity contribution in [3.63, 3.8) is 0 Å². The van der Waals surface area contributed by atoms with Crippen LogP contribution in [0.25, 0.3) is 0 Å². The second-order valence-corrected chi connectivity index (χ2v) is 4.11. The number of alkyl halides is 3. The molecule has 1 saturated carbocycles. The third kappa shape index (κ3) is 2.90. The van der Waals surface area contributed by atoms with Crippen LogP contribution in [0.15, 0.2) is 0 Å². The first-order valence-electron chi connectivity index (χ1n) is 4.20. The smallest absolute Gasteiger partial charge is 0.289 e. The van der Waals surface area contributed by atoms with Crippen LogP contribution in [0.5, 0.6) is 0 Å². The number of Topliss-reactive ketones (excluding diaryl/α,β-unsaturated/α-hetero) is 1. The van der Waals surface area contributed by atoms with E-state index in [0.29, 0.717) is 12.8 Å². The Balaban J connectivity index is 2.56. The first-order valence-corrected chi connectivity index (χ1v) is 4.72. The third-order valence-electron chi connectivity index (χ3n) is 2.30. The second-order valence-electron chi connectivity index (χ2n) is 3.38. The number of hydrogen-bond donors (Lipinski definition) is 1. The molecule has 0 spiro atoms. The van der Waals surface area contributed by atoms with Gasteiger partial charge >= 0.3 is 6.18 Å². The van der Waals surface area contributed by atoms with Gasteiger partial charge in [0.25, 0.3) is 0 Å². The molecule has 0 radical (unpaired) electrons. The van der Waals surface area contributed by atoms with Crippen molar-refractivity contribution in [3.8, 4) is 0 Å². The van der Waals surface area contributed by atoms with E-state index in [9.17, 15) is 18.0 Å². The van der Waals surface area contributed by atoms with Gasteiger partial charge in [0.05, 0.1) is 0 Å². The lowest BCUT2D eigenvalue weighted by atomic mass is 9.85. The highest BCUT2D eigenvalue weighted by atomic mass is 32.1. The van der Waals surface area contributed by atoms with Crippen molar-refractivity contribution in [2.24, 2.45) is 5.92 Å². The lowest BCUT2D eigenvalue weighted by Crippen LogP contribution is -2.33. The lowest BCUT2D eigenvalue weighted by Gasteiger charge is -2.25. The first-order chi connectivity index (χ1) is 5.91. The van der Waals surface area contributed by atoms with Gasteiger partial charge in [-0.2, -0.15) is 25.8 Å². The molecule has 2 unspecified atom stereocenters. The molecule has 0 N–H and O–H groups in total. The molecule has 0 aliphatic heterocycles. The topological polar surface area (TPSA) is 17.1 Å². The molecule has 1 aliphatic rings. The Morgan fingerprint density at radius 1 is 1.31 bits per heavy atom. The van der Waals surface area contributed by atoms with Crippen LogP contribution in [0.2, 0.25) is 0 Å². The van der Waals surface area contributed by atoms with Crippen LogP contribution in [0, 0.1) is 5.92 Å². The van der Waals surface area contributed by atoms with Crippen molar-refractivity contribution in [3.05, 3.63) is 0 Å². The molecule has 0 saturated heterocycles. The molecule has 0 aromatic rings. The average molecular weight is 212 g/mol. The van der Waals surface area contributed by atoms with Crippen LogP contribution < -0.4 is 0 Å². The monoisotopic (exact) mass is 212 g/mol. The third-order valence-corrected chi connectivity index (χ3v) is 2.77. The van der Waals surface area contributed by atoms with Crippen molar-refractivity contribution >= 4 is 18.4 Å². The van der Waals surface area contributed by atoms with Crippen molar-refractivity contribution in [2.75, 3.05) is 0 Å². The van der Waals surface area contributed by atoms with Gasteiger partial charge in [0, 0.05) is 11.2 Å². The molecule has 76 valence electrons. The second kappa shape index (κ2) is 3.90. The number of rotatable bonds is 1. The zero-order chi connectivity index (χ0) is 10.1. The summed E-state index contributed by atoms with van der Waals surface area (Å²) in [5.74, 6) is -2.43. The van der Waals surface area contributed by atoms with E-state index in [2.05, 4.69) is 12.6 Å². The van der Waals surface area contributed by atoms with Crippen molar-refractivity contribution in [1.82, 2.24) is 0 Å². The standard InChI is InChI=1S/C8H11F3OS/c9-8(10,11)7(12)5-2-1-3-6(13)4-5/h5-6,13H,1-4H2. The number of halogens is 3. The van der Waals surface area contributed by atoms with Gasteiger partial charge in [-0.25, -0.2) is 0 Å². The molecular formula is C8H11F3OS. The van der Waals surface area contributed by atoms with Crippen LogP contribution in [0.1, 0.15) is 25.7 Å². The molecule has 5 heteroatoms. The minimum absolute atomic E-state index is 0.0509. The average Bonchev–Trinajstić information content (AvgIpc) is 2.01. The van der Waals surface area contributed by atoms with E-state index in [1.54, 1.807) is 0 Å². The Bertz CT molecular complexity index is 202. The minimum atomic E-state index is -4.67. The molecule has 0 aromatic heterocycles. The number of ketones is 1.